The minimum Gasteiger partial charge on any atom is -0.493 e. The average molecular weight is 358 g/mol. The predicted molar refractivity (Wildman–Crippen MR) is 95.7 cm³/mol. The lowest BCUT2D eigenvalue weighted by Crippen LogP contribution is -2.32. The molecule has 8 heteroatoms. The third kappa shape index (κ3) is 2.97. The van der Waals surface area contributed by atoms with E-state index >= 15 is 0 Å². The van der Waals surface area contributed by atoms with E-state index in [2.05, 4.69) is 20.2 Å². The van der Waals surface area contributed by atoms with Gasteiger partial charge in [-0.1, -0.05) is 11.8 Å². The van der Waals surface area contributed by atoms with Crippen molar-refractivity contribution in [2.45, 2.75) is 18.0 Å². The maximum atomic E-state index is 11.4. The van der Waals surface area contributed by atoms with Gasteiger partial charge in [-0.3, -0.25) is 4.79 Å². The van der Waals surface area contributed by atoms with Gasteiger partial charge in [-0.2, -0.15) is 0 Å². The van der Waals surface area contributed by atoms with Crippen molar-refractivity contribution in [1.29, 1.82) is 0 Å². The molecule has 1 aromatic heterocycles. The number of hydrogen-bond acceptors (Lipinski definition) is 7. The van der Waals surface area contributed by atoms with E-state index in [0.717, 1.165) is 29.5 Å². The molecule has 7 nitrogen and oxygen atoms in total. The van der Waals surface area contributed by atoms with Crippen LogP contribution >= 0.6 is 11.8 Å². The molecule has 4 rings (SSSR count). The van der Waals surface area contributed by atoms with Crippen molar-refractivity contribution in [2.75, 3.05) is 36.7 Å². The molecule has 0 saturated carbocycles. The summed E-state index contributed by atoms with van der Waals surface area (Å²) in [6.07, 6.45) is 2.58. The number of methoxy groups -OCH3 is 2. The Balaban J connectivity index is 1.61. The number of carbonyl (C=O) groups is 1. The summed E-state index contributed by atoms with van der Waals surface area (Å²) < 4.78 is 10.8. The zero-order valence-electron chi connectivity index (χ0n) is 14.0. The molecule has 0 saturated heterocycles. The van der Waals surface area contributed by atoms with Gasteiger partial charge in [0.05, 0.1) is 31.9 Å². The standard InChI is InChI=1S/C17H18N4O3S/c1-23-13-5-10-3-4-21(8-11(10)6-14(13)24-2)17-18-7-12-16(20-17)25-9-15(22)19-12/h5-7H,3-4,8-9H2,1-2H3,(H,19,22). The van der Waals surface area contributed by atoms with Gasteiger partial charge >= 0.3 is 0 Å². The molecule has 0 atom stereocenters. The molecule has 2 aromatic rings. The molecule has 1 amide bonds. The minimum absolute atomic E-state index is 0.0122. The van der Waals surface area contributed by atoms with Crippen molar-refractivity contribution in [1.82, 2.24) is 9.97 Å². The number of rotatable bonds is 3. The van der Waals surface area contributed by atoms with Gasteiger partial charge in [-0.05, 0) is 29.7 Å². The van der Waals surface area contributed by atoms with Gasteiger partial charge in [0.1, 0.15) is 5.03 Å². The normalized spacial score (nSPS) is 15.9. The van der Waals surface area contributed by atoms with Gasteiger partial charge in [0.25, 0.3) is 0 Å². The first-order valence-electron chi connectivity index (χ1n) is 7.96. The molecule has 130 valence electrons. The molecule has 1 aromatic carbocycles. The van der Waals surface area contributed by atoms with Crippen molar-refractivity contribution in [3.8, 4) is 11.5 Å². The summed E-state index contributed by atoms with van der Waals surface area (Å²) in [6, 6.07) is 4.07. The van der Waals surface area contributed by atoms with Gasteiger partial charge < -0.3 is 19.7 Å². The molecule has 1 N–H and O–H groups in total. The van der Waals surface area contributed by atoms with Crippen molar-refractivity contribution in [2.24, 2.45) is 0 Å². The smallest absolute Gasteiger partial charge is 0.234 e. The topological polar surface area (TPSA) is 76.6 Å². The zero-order chi connectivity index (χ0) is 17.4. The van der Waals surface area contributed by atoms with Crippen LogP contribution in [0.2, 0.25) is 0 Å². The van der Waals surface area contributed by atoms with Crippen LogP contribution in [0.3, 0.4) is 0 Å². The fourth-order valence-electron chi connectivity index (χ4n) is 3.08. The Labute approximate surface area is 149 Å². The van der Waals surface area contributed by atoms with E-state index in [1.54, 1.807) is 20.4 Å². The van der Waals surface area contributed by atoms with Crippen LogP contribution in [0.1, 0.15) is 11.1 Å². The number of ether oxygens (including phenoxy) is 2. The van der Waals surface area contributed by atoms with E-state index in [1.807, 2.05) is 12.1 Å². The highest BCUT2D eigenvalue weighted by molar-refractivity contribution is 8.00. The number of amides is 1. The Kier molecular flexibility index (Phi) is 4.12. The molecule has 0 fully saturated rings. The number of nitrogens with one attached hydrogen (secondary N) is 1. The number of thioether (sulfide) groups is 1. The van der Waals surface area contributed by atoms with E-state index in [-0.39, 0.29) is 5.91 Å². The number of aromatic nitrogens is 2. The monoisotopic (exact) mass is 358 g/mol. The fourth-order valence-corrected chi connectivity index (χ4v) is 3.83. The van der Waals surface area contributed by atoms with Crippen molar-refractivity contribution in [3.63, 3.8) is 0 Å². The summed E-state index contributed by atoms with van der Waals surface area (Å²) in [5.41, 5.74) is 3.13. The highest BCUT2D eigenvalue weighted by Crippen LogP contribution is 2.35. The van der Waals surface area contributed by atoms with E-state index < -0.39 is 0 Å². The number of benzene rings is 1. The number of fused-ring (bicyclic) bond motifs is 2. The first-order chi connectivity index (χ1) is 12.2. The molecule has 0 aliphatic carbocycles. The third-order valence-corrected chi connectivity index (χ3v) is 5.35. The lowest BCUT2D eigenvalue weighted by molar-refractivity contribution is -0.113. The second-order valence-corrected chi connectivity index (χ2v) is 6.84. The van der Waals surface area contributed by atoms with Crippen molar-refractivity contribution < 1.29 is 14.3 Å². The molecular formula is C17H18N4O3S. The highest BCUT2D eigenvalue weighted by Gasteiger charge is 2.23. The Morgan fingerprint density at radius 1 is 1.20 bits per heavy atom. The zero-order valence-corrected chi connectivity index (χ0v) is 14.9. The number of carbonyl (C=O) groups excluding carboxylic acids is 1. The SMILES string of the molecule is COc1cc2c(cc1OC)CN(c1ncc3c(n1)SCC(=O)N3)CC2. The Morgan fingerprint density at radius 3 is 2.72 bits per heavy atom. The maximum Gasteiger partial charge on any atom is 0.234 e. The second kappa shape index (κ2) is 6.44. The fraction of sp³-hybridized carbons (Fsp3) is 0.353. The maximum absolute atomic E-state index is 11.4. The van der Waals surface area contributed by atoms with Gasteiger partial charge in [0, 0.05) is 13.1 Å². The molecule has 0 unspecified atom stereocenters. The Morgan fingerprint density at radius 2 is 1.96 bits per heavy atom. The molecule has 3 heterocycles. The summed E-state index contributed by atoms with van der Waals surface area (Å²) in [5.74, 6) is 2.55. The van der Waals surface area contributed by atoms with Crippen LogP contribution in [-0.4, -0.2) is 42.4 Å². The first-order valence-corrected chi connectivity index (χ1v) is 8.95. The minimum atomic E-state index is -0.0122. The number of nitrogens with zero attached hydrogens (tertiary/aromatic N) is 3. The first kappa shape index (κ1) is 16.0. The average Bonchev–Trinajstić information content (AvgIpc) is 2.65. The van der Waals surface area contributed by atoms with Gasteiger partial charge in [0.2, 0.25) is 11.9 Å². The summed E-state index contributed by atoms with van der Waals surface area (Å²) >= 11 is 1.45. The second-order valence-electron chi connectivity index (χ2n) is 5.87. The van der Waals surface area contributed by atoms with Crippen LogP contribution < -0.4 is 19.7 Å². The van der Waals surface area contributed by atoms with Crippen LogP contribution in [0.15, 0.2) is 23.4 Å². The van der Waals surface area contributed by atoms with Crippen molar-refractivity contribution in [3.05, 3.63) is 29.5 Å². The summed E-state index contributed by atoms with van der Waals surface area (Å²) in [7, 11) is 3.29. The van der Waals surface area contributed by atoms with E-state index in [9.17, 15) is 4.79 Å². The lowest BCUT2D eigenvalue weighted by Gasteiger charge is -2.30. The van der Waals surface area contributed by atoms with Crippen LogP contribution in [0, 0.1) is 0 Å². The van der Waals surface area contributed by atoms with Gasteiger partial charge in [-0.25, -0.2) is 9.97 Å². The molecule has 0 radical (unpaired) electrons. The lowest BCUT2D eigenvalue weighted by atomic mass is 9.99. The van der Waals surface area contributed by atoms with E-state index in [4.69, 9.17) is 9.47 Å². The van der Waals surface area contributed by atoms with E-state index in [1.165, 1.54) is 22.9 Å². The largest absolute Gasteiger partial charge is 0.493 e. The van der Waals surface area contributed by atoms with E-state index in [0.29, 0.717) is 23.9 Å². The molecule has 25 heavy (non-hydrogen) atoms. The molecule has 2 aliphatic rings. The molecule has 0 bridgehead atoms. The van der Waals surface area contributed by atoms with Crippen LogP contribution in [0.25, 0.3) is 0 Å². The Bertz CT molecular complexity index is 843. The molecular weight excluding hydrogens is 340 g/mol. The van der Waals surface area contributed by atoms with Crippen molar-refractivity contribution >= 4 is 29.3 Å². The number of hydrogen-bond donors (Lipinski definition) is 1. The number of anilines is 2. The summed E-state index contributed by atoms with van der Waals surface area (Å²) in [4.78, 5) is 22.6. The van der Waals surface area contributed by atoms with Crippen LogP contribution in [0.5, 0.6) is 11.5 Å². The Hall–Kier alpha value is -2.48. The van der Waals surface area contributed by atoms with Gasteiger partial charge in [0.15, 0.2) is 11.5 Å². The quantitative estimate of drug-likeness (QED) is 0.842. The van der Waals surface area contributed by atoms with Gasteiger partial charge in [-0.15, -0.1) is 0 Å². The molecule has 2 aliphatic heterocycles. The predicted octanol–water partition coefficient (Wildman–Crippen LogP) is 2.10. The summed E-state index contributed by atoms with van der Waals surface area (Å²) in [6.45, 7) is 1.55. The van der Waals surface area contributed by atoms with Crippen LogP contribution in [-0.2, 0) is 17.8 Å². The molecule has 0 spiro atoms. The third-order valence-electron chi connectivity index (χ3n) is 4.36. The highest BCUT2D eigenvalue weighted by atomic mass is 32.2. The van der Waals surface area contributed by atoms with Crippen LogP contribution in [0.4, 0.5) is 11.6 Å². The summed E-state index contributed by atoms with van der Waals surface area (Å²) in [5, 5.41) is 3.62.